The van der Waals surface area contributed by atoms with Gasteiger partial charge in [-0.1, -0.05) is 0 Å². The number of aliphatic hydroxyl groups is 1. The molecule has 1 heterocycles. The molecule has 0 aliphatic heterocycles. The number of nitrogen functional groups attached to an aromatic ring is 1. The molecule has 0 aliphatic carbocycles. The number of rotatable bonds is 6. The third-order valence-corrected chi connectivity index (χ3v) is 2.26. The monoisotopic (exact) mass is 225 g/mol. The van der Waals surface area contributed by atoms with Gasteiger partial charge in [0, 0.05) is 31.5 Å². The van der Waals surface area contributed by atoms with Gasteiger partial charge in [0.15, 0.2) is 0 Å². The predicted octanol–water partition coefficient (Wildman–Crippen LogP) is 0.279. The van der Waals surface area contributed by atoms with Crippen molar-refractivity contribution in [2.24, 2.45) is 5.84 Å². The minimum atomic E-state index is 0.183. The number of nitrogens with one attached hydrogen (secondary N) is 1. The first-order valence-corrected chi connectivity index (χ1v) is 5.39. The maximum Gasteiger partial charge on any atom is 0.239 e. The van der Waals surface area contributed by atoms with Crippen molar-refractivity contribution in [3.63, 3.8) is 0 Å². The Hall–Kier alpha value is -1.40. The summed E-state index contributed by atoms with van der Waals surface area (Å²) >= 11 is 0. The van der Waals surface area contributed by atoms with Crippen LogP contribution in [0.3, 0.4) is 0 Å². The molecule has 6 heteroatoms. The number of aliphatic hydroxyl groups excluding tert-OH is 1. The highest BCUT2D eigenvalue weighted by molar-refractivity contribution is 5.44. The average Bonchev–Trinajstić information content (AvgIpc) is 2.29. The third-order valence-electron chi connectivity index (χ3n) is 2.26. The highest BCUT2D eigenvalue weighted by atomic mass is 16.3. The molecule has 90 valence electrons. The molecule has 0 saturated carbocycles. The van der Waals surface area contributed by atoms with E-state index in [9.17, 15) is 0 Å². The van der Waals surface area contributed by atoms with Crippen LogP contribution in [0.5, 0.6) is 0 Å². The van der Waals surface area contributed by atoms with E-state index in [1.54, 1.807) is 0 Å². The second kappa shape index (κ2) is 6.24. The van der Waals surface area contributed by atoms with Crippen LogP contribution in [0.25, 0.3) is 0 Å². The van der Waals surface area contributed by atoms with Crippen LogP contribution < -0.4 is 16.2 Å². The van der Waals surface area contributed by atoms with Crippen LogP contribution in [0.15, 0.2) is 6.07 Å². The van der Waals surface area contributed by atoms with Gasteiger partial charge in [-0.15, -0.1) is 0 Å². The largest absolute Gasteiger partial charge is 0.396 e. The second-order valence-electron chi connectivity index (χ2n) is 3.49. The summed E-state index contributed by atoms with van der Waals surface area (Å²) in [6.45, 7) is 5.73. The summed E-state index contributed by atoms with van der Waals surface area (Å²) in [6, 6.07) is 1.90. The van der Waals surface area contributed by atoms with Gasteiger partial charge < -0.3 is 10.0 Å². The fourth-order valence-corrected chi connectivity index (χ4v) is 1.47. The Morgan fingerprint density at radius 3 is 2.81 bits per heavy atom. The molecule has 0 bridgehead atoms. The Labute approximate surface area is 95.5 Å². The molecule has 0 aliphatic rings. The zero-order valence-corrected chi connectivity index (χ0v) is 9.77. The first-order valence-electron chi connectivity index (χ1n) is 5.39. The molecule has 0 aromatic carbocycles. The van der Waals surface area contributed by atoms with E-state index in [2.05, 4.69) is 20.3 Å². The fourth-order valence-electron chi connectivity index (χ4n) is 1.47. The number of aromatic nitrogens is 2. The van der Waals surface area contributed by atoms with Crippen LogP contribution in [0.2, 0.25) is 0 Å². The van der Waals surface area contributed by atoms with E-state index >= 15 is 0 Å². The maximum absolute atomic E-state index is 8.82. The van der Waals surface area contributed by atoms with Crippen LogP contribution in [-0.4, -0.2) is 34.8 Å². The minimum Gasteiger partial charge on any atom is -0.396 e. The minimum absolute atomic E-state index is 0.183. The Morgan fingerprint density at radius 1 is 1.50 bits per heavy atom. The van der Waals surface area contributed by atoms with Crippen LogP contribution in [0.4, 0.5) is 11.8 Å². The molecule has 1 aromatic rings. The number of anilines is 2. The van der Waals surface area contributed by atoms with E-state index < -0.39 is 0 Å². The predicted molar refractivity (Wildman–Crippen MR) is 64.2 cm³/mol. The van der Waals surface area contributed by atoms with Crippen LogP contribution in [0, 0.1) is 6.92 Å². The molecule has 0 atom stereocenters. The number of hydrogen-bond acceptors (Lipinski definition) is 6. The van der Waals surface area contributed by atoms with E-state index in [0.29, 0.717) is 5.95 Å². The van der Waals surface area contributed by atoms with Gasteiger partial charge in [0.05, 0.1) is 0 Å². The summed E-state index contributed by atoms with van der Waals surface area (Å²) in [4.78, 5) is 10.5. The zero-order chi connectivity index (χ0) is 12.0. The molecule has 1 aromatic heterocycles. The SMILES string of the molecule is CCN(CCCO)c1cc(C)nc(NN)n1. The van der Waals surface area contributed by atoms with Crippen molar-refractivity contribution in [3.05, 3.63) is 11.8 Å². The van der Waals surface area contributed by atoms with Crippen molar-refractivity contribution in [3.8, 4) is 0 Å². The Bertz CT molecular complexity index is 331. The van der Waals surface area contributed by atoms with Gasteiger partial charge in [-0.25, -0.2) is 10.8 Å². The molecule has 0 spiro atoms. The summed E-state index contributed by atoms with van der Waals surface area (Å²) in [7, 11) is 0. The number of aryl methyl sites for hydroxylation is 1. The normalized spacial score (nSPS) is 10.2. The molecule has 0 saturated heterocycles. The molecule has 0 radical (unpaired) electrons. The smallest absolute Gasteiger partial charge is 0.239 e. The number of nitrogens with zero attached hydrogens (tertiary/aromatic N) is 3. The van der Waals surface area contributed by atoms with Crippen LogP contribution in [-0.2, 0) is 0 Å². The Kier molecular flexibility index (Phi) is 4.94. The lowest BCUT2D eigenvalue weighted by Gasteiger charge is -2.22. The Morgan fingerprint density at radius 2 is 2.25 bits per heavy atom. The standard InChI is InChI=1S/C10H19N5O/c1-3-15(5-4-6-16)9-7-8(2)12-10(13-9)14-11/h7,16H,3-6,11H2,1-2H3,(H,12,13,14). The Balaban J connectivity index is 2.86. The fraction of sp³-hybridized carbons (Fsp3) is 0.600. The van der Waals surface area contributed by atoms with Gasteiger partial charge in [-0.2, -0.15) is 4.98 Å². The van der Waals surface area contributed by atoms with E-state index in [-0.39, 0.29) is 6.61 Å². The van der Waals surface area contributed by atoms with Gasteiger partial charge in [-0.3, -0.25) is 5.43 Å². The van der Waals surface area contributed by atoms with Gasteiger partial charge >= 0.3 is 0 Å². The zero-order valence-electron chi connectivity index (χ0n) is 9.77. The van der Waals surface area contributed by atoms with E-state index in [1.807, 2.05) is 19.9 Å². The van der Waals surface area contributed by atoms with E-state index in [4.69, 9.17) is 10.9 Å². The first kappa shape index (κ1) is 12.7. The molecular weight excluding hydrogens is 206 g/mol. The second-order valence-corrected chi connectivity index (χ2v) is 3.49. The summed E-state index contributed by atoms with van der Waals surface area (Å²) in [5.74, 6) is 6.54. The highest BCUT2D eigenvalue weighted by Crippen LogP contribution is 2.14. The summed E-state index contributed by atoms with van der Waals surface area (Å²) < 4.78 is 0. The van der Waals surface area contributed by atoms with Crippen molar-refractivity contribution in [2.75, 3.05) is 30.0 Å². The lowest BCUT2D eigenvalue weighted by atomic mass is 10.3. The highest BCUT2D eigenvalue weighted by Gasteiger charge is 2.08. The summed E-state index contributed by atoms with van der Waals surface area (Å²) in [5, 5.41) is 8.82. The van der Waals surface area contributed by atoms with Crippen LogP contribution >= 0.6 is 0 Å². The maximum atomic E-state index is 8.82. The third kappa shape index (κ3) is 3.32. The number of hydrogen-bond donors (Lipinski definition) is 3. The number of hydrazine groups is 1. The molecule has 0 fully saturated rings. The van der Waals surface area contributed by atoms with Crippen molar-refractivity contribution < 1.29 is 5.11 Å². The topological polar surface area (TPSA) is 87.3 Å². The van der Waals surface area contributed by atoms with Gasteiger partial charge in [0.25, 0.3) is 0 Å². The molecule has 4 N–H and O–H groups in total. The molecule has 0 unspecified atom stereocenters. The van der Waals surface area contributed by atoms with Crippen molar-refractivity contribution >= 4 is 11.8 Å². The molecule has 0 amide bonds. The van der Waals surface area contributed by atoms with Crippen molar-refractivity contribution in [2.45, 2.75) is 20.3 Å². The van der Waals surface area contributed by atoms with Crippen molar-refractivity contribution in [1.29, 1.82) is 0 Å². The lowest BCUT2D eigenvalue weighted by Crippen LogP contribution is -2.26. The molecule has 1 rings (SSSR count). The van der Waals surface area contributed by atoms with Gasteiger partial charge in [0.1, 0.15) is 5.82 Å². The summed E-state index contributed by atoms with van der Waals surface area (Å²) in [5.41, 5.74) is 3.31. The quantitative estimate of drug-likeness (QED) is 0.476. The van der Waals surface area contributed by atoms with Crippen LogP contribution in [0.1, 0.15) is 19.0 Å². The number of nitrogens with two attached hydrogens (primary N) is 1. The van der Waals surface area contributed by atoms with Crippen molar-refractivity contribution in [1.82, 2.24) is 9.97 Å². The average molecular weight is 225 g/mol. The van der Waals surface area contributed by atoms with Gasteiger partial charge in [0.2, 0.25) is 5.95 Å². The van der Waals surface area contributed by atoms with E-state index in [0.717, 1.165) is 31.0 Å². The lowest BCUT2D eigenvalue weighted by molar-refractivity contribution is 0.289. The summed E-state index contributed by atoms with van der Waals surface area (Å²) in [6.07, 6.45) is 0.724. The van der Waals surface area contributed by atoms with E-state index in [1.165, 1.54) is 0 Å². The molecule has 6 nitrogen and oxygen atoms in total. The van der Waals surface area contributed by atoms with Gasteiger partial charge in [-0.05, 0) is 20.3 Å². The molecule has 16 heavy (non-hydrogen) atoms. The first-order chi connectivity index (χ1) is 7.71. The molecular formula is C10H19N5O.